The number of aromatic nitrogens is 3. The number of nitrogens with zero attached hydrogens (tertiary/aromatic N) is 3. The third-order valence-corrected chi connectivity index (χ3v) is 4.13. The van der Waals surface area contributed by atoms with Crippen LogP contribution >= 0.6 is 11.3 Å². The summed E-state index contributed by atoms with van der Waals surface area (Å²) >= 11 is 1.57. The third-order valence-electron chi connectivity index (χ3n) is 3.22. The Balaban J connectivity index is 1.77. The van der Waals surface area contributed by atoms with Crippen LogP contribution in [0.2, 0.25) is 0 Å². The summed E-state index contributed by atoms with van der Waals surface area (Å²) in [6, 6.07) is 0. The summed E-state index contributed by atoms with van der Waals surface area (Å²) in [6.45, 7) is 3.23. The molecule has 1 aliphatic carbocycles. The molecule has 1 unspecified atom stereocenters. The Morgan fingerprint density at radius 1 is 1.50 bits per heavy atom. The molecular weight excluding hydrogens is 276 g/mol. The maximum absolute atomic E-state index is 5.73. The first-order valence-electron chi connectivity index (χ1n) is 6.92. The topological polar surface area (TPSA) is 87.1 Å². The Kier molecular flexibility index (Phi) is 4.09. The van der Waals surface area contributed by atoms with Crippen LogP contribution in [0.3, 0.4) is 0 Å². The van der Waals surface area contributed by atoms with E-state index in [9.17, 15) is 0 Å². The van der Waals surface area contributed by atoms with Gasteiger partial charge in [0.1, 0.15) is 11.8 Å². The monoisotopic (exact) mass is 294 g/mol. The molecule has 2 N–H and O–H groups in total. The van der Waals surface area contributed by atoms with Gasteiger partial charge in [-0.25, -0.2) is 4.98 Å². The van der Waals surface area contributed by atoms with Gasteiger partial charge < -0.3 is 15.0 Å². The normalized spacial score (nSPS) is 16.5. The van der Waals surface area contributed by atoms with E-state index in [-0.39, 0.29) is 6.10 Å². The second-order valence-electron chi connectivity index (χ2n) is 4.84. The Morgan fingerprint density at radius 2 is 2.35 bits per heavy atom. The Morgan fingerprint density at radius 3 is 3.05 bits per heavy atom. The van der Waals surface area contributed by atoms with Crippen LogP contribution in [0.5, 0.6) is 0 Å². The lowest BCUT2D eigenvalue weighted by Crippen LogP contribution is -2.08. The van der Waals surface area contributed by atoms with E-state index in [1.165, 1.54) is 12.8 Å². The predicted octanol–water partition coefficient (Wildman–Crippen LogP) is 2.18. The molecule has 1 aliphatic rings. The highest BCUT2D eigenvalue weighted by molar-refractivity contribution is 7.09. The van der Waals surface area contributed by atoms with Crippen LogP contribution in [-0.2, 0) is 11.2 Å². The Labute approximate surface area is 121 Å². The maximum Gasteiger partial charge on any atom is 0.277 e. The quantitative estimate of drug-likeness (QED) is 0.842. The van der Waals surface area contributed by atoms with Crippen LogP contribution in [0.1, 0.15) is 36.7 Å². The summed E-state index contributed by atoms with van der Waals surface area (Å²) in [5.74, 6) is 1.63. The molecule has 0 aliphatic heterocycles. The fourth-order valence-corrected chi connectivity index (χ4v) is 2.89. The van der Waals surface area contributed by atoms with Gasteiger partial charge >= 0.3 is 0 Å². The van der Waals surface area contributed by atoms with E-state index in [2.05, 4.69) is 15.1 Å². The van der Waals surface area contributed by atoms with Gasteiger partial charge in [-0.2, -0.15) is 4.98 Å². The van der Waals surface area contributed by atoms with Crippen molar-refractivity contribution >= 4 is 11.3 Å². The third kappa shape index (κ3) is 2.89. The molecule has 2 aromatic heterocycles. The van der Waals surface area contributed by atoms with E-state index in [4.69, 9.17) is 15.0 Å². The van der Waals surface area contributed by atoms with Crippen molar-refractivity contribution in [2.24, 2.45) is 11.7 Å². The number of hydrogen-bond acceptors (Lipinski definition) is 7. The average molecular weight is 294 g/mol. The molecule has 1 atom stereocenters. The fraction of sp³-hybridized carbons (Fsp3) is 0.615. The molecule has 6 nitrogen and oxygen atoms in total. The fourth-order valence-electron chi connectivity index (χ4n) is 2.10. The molecule has 3 rings (SSSR count). The van der Waals surface area contributed by atoms with E-state index >= 15 is 0 Å². The molecular formula is C13H18N4O2S. The predicted molar refractivity (Wildman–Crippen MR) is 75.3 cm³/mol. The lowest BCUT2D eigenvalue weighted by molar-refractivity contribution is 0.0385. The first-order chi connectivity index (χ1) is 9.81. The molecule has 108 valence electrons. The molecule has 0 bridgehead atoms. The molecule has 0 amide bonds. The minimum absolute atomic E-state index is 0.0420. The van der Waals surface area contributed by atoms with Crippen molar-refractivity contribution in [2.75, 3.05) is 13.2 Å². The molecule has 0 spiro atoms. The van der Waals surface area contributed by atoms with Crippen molar-refractivity contribution in [2.45, 2.75) is 32.3 Å². The van der Waals surface area contributed by atoms with Crippen molar-refractivity contribution in [1.82, 2.24) is 15.1 Å². The van der Waals surface area contributed by atoms with Gasteiger partial charge in [0.05, 0.1) is 5.01 Å². The minimum atomic E-state index is -0.0420. The van der Waals surface area contributed by atoms with Gasteiger partial charge in [-0.05, 0) is 32.2 Å². The van der Waals surface area contributed by atoms with Crippen molar-refractivity contribution in [1.29, 1.82) is 0 Å². The van der Waals surface area contributed by atoms with Gasteiger partial charge in [0.25, 0.3) is 5.89 Å². The number of ether oxygens (including phenoxy) is 1. The lowest BCUT2D eigenvalue weighted by atomic mass is 10.2. The Bertz CT molecular complexity index is 564. The second-order valence-corrected chi connectivity index (χ2v) is 5.78. The van der Waals surface area contributed by atoms with Crippen molar-refractivity contribution in [3.63, 3.8) is 0 Å². The van der Waals surface area contributed by atoms with Gasteiger partial charge in [0, 0.05) is 18.4 Å². The van der Waals surface area contributed by atoms with Crippen LogP contribution in [0.4, 0.5) is 0 Å². The summed E-state index contributed by atoms with van der Waals surface area (Å²) < 4.78 is 11.0. The van der Waals surface area contributed by atoms with Crippen LogP contribution in [0.15, 0.2) is 9.90 Å². The van der Waals surface area contributed by atoms with E-state index in [1.54, 1.807) is 11.3 Å². The zero-order valence-electron chi connectivity index (χ0n) is 11.4. The minimum Gasteiger partial charge on any atom is -0.370 e. The molecule has 0 radical (unpaired) electrons. The van der Waals surface area contributed by atoms with Gasteiger partial charge in [0.2, 0.25) is 5.82 Å². The highest BCUT2D eigenvalue weighted by Crippen LogP contribution is 2.42. The summed E-state index contributed by atoms with van der Waals surface area (Å²) in [5.41, 5.74) is 6.25. The van der Waals surface area contributed by atoms with E-state index in [0.29, 0.717) is 30.8 Å². The highest BCUT2D eigenvalue weighted by Gasteiger charge is 2.36. The molecule has 2 heterocycles. The molecule has 2 aromatic rings. The first-order valence-corrected chi connectivity index (χ1v) is 7.79. The van der Waals surface area contributed by atoms with E-state index in [0.717, 1.165) is 17.1 Å². The van der Waals surface area contributed by atoms with Gasteiger partial charge in [-0.15, -0.1) is 11.3 Å². The number of rotatable bonds is 7. The SMILES string of the molecule is CCOC(c1noc(-c2csc(CCN)n2)n1)C1CC1. The molecule has 0 saturated heterocycles. The summed E-state index contributed by atoms with van der Waals surface area (Å²) in [5, 5.41) is 6.97. The van der Waals surface area contributed by atoms with Gasteiger partial charge in [0.15, 0.2) is 0 Å². The molecule has 1 fully saturated rings. The standard InChI is InChI=1S/C13H18N4O2S/c1-2-18-11(8-3-4-8)12-16-13(19-17-12)9-7-20-10(15-9)5-6-14/h7-8,11H,2-6,14H2,1H3. The molecule has 0 aromatic carbocycles. The molecule has 20 heavy (non-hydrogen) atoms. The zero-order chi connectivity index (χ0) is 13.9. The van der Waals surface area contributed by atoms with Crippen molar-refractivity contribution in [3.8, 4) is 11.6 Å². The van der Waals surface area contributed by atoms with E-state index in [1.807, 2.05) is 12.3 Å². The zero-order valence-corrected chi connectivity index (χ0v) is 12.2. The van der Waals surface area contributed by atoms with Crippen molar-refractivity contribution in [3.05, 3.63) is 16.2 Å². The first kappa shape index (κ1) is 13.7. The van der Waals surface area contributed by atoms with Gasteiger partial charge in [-0.1, -0.05) is 5.16 Å². The second kappa shape index (κ2) is 5.99. The number of thiazole rings is 1. The molecule has 7 heteroatoms. The maximum atomic E-state index is 5.73. The molecule has 1 saturated carbocycles. The summed E-state index contributed by atoms with van der Waals surface area (Å²) in [4.78, 5) is 8.90. The van der Waals surface area contributed by atoms with Crippen LogP contribution in [-0.4, -0.2) is 28.3 Å². The van der Waals surface area contributed by atoms with Crippen molar-refractivity contribution < 1.29 is 9.26 Å². The van der Waals surface area contributed by atoms with Crippen LogP contribution in [0, 0.1) is 5.92 Å². The smallest absolute Gasteiger partial charge is 0.277 e. The Hall–Kier alpha value is -1.31. The largest absolute Gasteiger partial charge is 0.370 e. The highest BCUT2D eigenvalue weighted by atomic mass is 32.1. The lowest BCUT2D eigenvalue weighted by Gasteiger charge is -2.10. The number of hydrogen-bond donors (Lipinski definition) is 1. The summed E-state index contributed by atoms with van der Waals surface area (Å²) in [6.07, 6.45) is 3.08. The summed E-state index contributed by atoms with van der Waals surface area (Å²) in [7, 11) is 0. The van der Waals surface area contributed by atoms with Gasteiger partial charge in [-0.3, -0.25) is 0 Å². The van der Waals surface area contributed by atoms with Crippen LogP contribution in [0.25, 0.3) is 11.6 Å². The average Bonchev–Trinajstić information content (AvgIpc) is 2.98. The van der Waals surface area contributed by atoms with Crippen LogP contribution < -0.4 is 5.73 Å². The number of nitrogens with two attached hydrogens (primary N) is 1. The van der Waals surface area contributed by atoms with E-state index < -0.39 is 0 Å².